The van der Waals surface area contributed by atoms with Crippen LogP contribution in [0.5, 0.6) is 0 Å². The number of aromatic nitrogens is 3. The van der Waals surface area contributed by atoms with Crippen molar-refractivity contribution in [1.29, 1.82) is 0 Å². The van der Waals surface area contributed by atoms with Gasteiger partial charge in [-0.2, -0.15) is 0 Å². The number of rotatable bonds is 12. The molecule has 3 aromatic rings. The highest BCUT2D eigenvalue weighted by Gasteiger charge is 2.12. The zero-order valence-electron chi connectivity index (χ0n) is 20.1. The Bertz CT molecular complexity index is 1040. The van der Waals surface area contributed by atoms with Gasteiger partial charge in [-0.15, -0.1) is 6.42 Å². The molecule has 2 N–H and O–H groups in total. The van der Waals surface area contributed by atoms with Gasteiger partial charge in [0.25, 0.3) is 0 Å². The van der Waals surface area contributed by atoms with Gasteiger partial charge in [0.05, 0.1) is 12.4 Å². The Labute approximate surface area is 198 Å². The number of aryl methyl sites for hydroxylation is 1. The van der Waals surface area contributed by atoms with Crippen LogP contribution in [0.3, 0.4) is 0 Å². The Morgan fingerprint density at radius 3 is 2.36 bits per heavy atom. The smallest absolute Gasteiger partial charge is 0.150 e. The summed E-state index contributed by atoms with van der Waals surface area (Å²) in [6.45, 7) is 7.67. The van der Waals surface area contributed by atoms with Crippen molar-refractivity contribution in [2.75, 3.05) is 17.2 Å². The summed E-state index contributed by atoms with van der Waals surface area (Å²) < 4.78 is 0. The molecule has 0 aliphatic rings. The lowest BCUT2D eigenvalue weighted by Gasteiger charge is -2.19. The van der Waals surface area contributed by atoms with Crippen LogP contribution in [-0.2, 0) is 6.42 Å². The largest absolute Gasteiger partial charge is 0.384 e. The van der Waals surface area contributed by atoms with Gasteiger partial charge in [0.1, 0.15) is 17.3 Å². The van der Waals surface area contributed by atoms with Crippen LogP contribution in [-0.4, -0.2) is 21.5 Å². The van der Waals surface area contributed by atoms with Gasteiger partial charge in [0.15, 0.2) is 0 Å². The zero-order valence-corrected chi connectivity index (χ0v) is 20.1. The van der Waals surface area contributed by atoms with E-state index in [9.17, 15) is 0 Å². The Morgan fingerprint density at radius 1 is 0.939 bits per heavy atom. The third-order valence-electron chi connectivity index (χ3n) is 5.89. The normalized spacial score (nSPS) is 11.6. The maximum atomic E-state index is 5.38. The highest BCUT2D eigenvalue weighted by Crippen LogP contribution is 2.31. The van der Waals surface area contributed by atoms with Crippen LogP contribution in [0, 0.1) is 18.3 Å². The number of pyridine rings is 1. The Morgan fingerprint density at radius 2 is 1.73 bits per heavy atom. The van der Waals surface area contributed by atoms with Crippen molar-refractivity contribution in [2.24, 2.45) is 5.92 Å². The molecule has 2 aromatic heterocycles. The SMILES string of the molecule is C#Cc1cnc(Nc2cc(NCC(CC)CCCC)c(-c3ccc(CCC)cc3)cn2)cn1. The second-order valence-electron chi connectivity index (χ2n) is 8.42. The van der Waals surface area contributed by atoms with Crippen LogP contribution < -0.4 is 10.6 Å². The molecule has 0 aliphatic carbocycles. The van der Waals surface area contributed by atoms with E-state index in [1.807, 2.05) is 6.20 Å². The predicted molar refractivity (Wildman–Crippen MR) is 139 cm³/mol. The maximum Gasteiger partial charge on any atom is 0.150 e. The van der Waals surface area contributed by atoms with Gasteiger partial charge in [0, 0.05) is 30.1 Å². The molecule has 2 heterocycles. The van der Waals surface area contributed by atoms with Gasteiger partial charge in [-0.1, -0.05) is 70.7 Å². The van der Waals surface area contributed by atoms with Crippen LogP contribution in [0.2, 0.25) is 0 Å². The van der Waals surface area contributed by atoms with E-state index in [-0.39, 0.29) is 0 Å². The van der Waals surface area contributed by atoms with Gasteiger partial charge in [-0.3, -0.25) is 0 Å². The molecule has 1 unspecified atom stereocenters. The van der Waals surface area contributed by atoms with E-state index < -0.39 is 0 Å². The fourth-order valence-electron chi connectivity index (χ4n) is 3.84. The Hall–Kier alpha value is -3.39. The molecule has 5 heteroatoms. The minimum atomic E-state index is 0.510. The second kappa shape index (κ2) is 12.6. The third kappa shape index (κ3) is 7.05. The lowest BCUT2D eigenvalue weighted by atomic mass is 9.98. The lowest BCUT2D eigenvalue weighted by Crippen LogP contribution is -2.14. The molecule has 0 fully saturated rings. The standard InChI is InChI=1S/C28H35N5/c1-5-9-11-21(7-3)17-30-26-16-27(33-28-20-29-24(8-4)18-31-28)32-19-25(26)23-14-12-22(10-6-2)13-15-23/h4,12-16,18-21H,5-7,9-11,17H2,1-3H3,(H2,30,31,32,33). The number of benzene rings is 1. The molecule has 0 saturated carbocycles. The molecule has 5 nitrogen and oxygen atoms in total. The molecule has 172 valence electrons. The average Bonchev–Trinajstić information content (AvgIpc) is 2.85. The van der Waals surface area contributed by atoms with Crippen LogP contribution in [0.25, 0.3) is 11.1 Å². The summed E-state index contributed by atoms with van der Waals surface area (Å²) in [6, 6.07) is 10.9. The number of hydrogen-bond acceptors (Lipinski definition) is 5. The minimum absolute atomic E-state index is 0.510. The lowest BCUT2D eigenvalue weighted by molar-refractivity contribution is 0.473. The van der Waals surface area contributed by atoms with E-state index in [2.05, 4.69) is 82.6 Å². The van der Waals surface area contributed by atoms with Crippen LogP contribution in [0.1, 0.15) is 64.1 Å². The van der Waals surface area contributed by atoms with Crippen LogP contribution in [0.4, 0.5) is 17.3 Å². The molecule has 0 aliphatic heterocycles. The first-order valence-corrected chi connectivity index (χ1v) is 12.1. The predicted octanol–water partition coefficient (Wildman–Crippen LogP) is 6.84. The first kappa shape index (κ1) is 24.3. The fourth-order valence-corrected chi connectivity index (χ4v) is 3.84. The molecule has 0 amide bonds. The molecule has 0 bridgehead atoms. The summed E-state index contributed by atoms with van der Waals surface area (Å²) in [5.74, 6) is 4.46. The van der Waals surface area contributed by atoms with Gasteiger partial charge < -0.3 is 10.6 Å². The van der Waals surface area contributed by atoms with Gasteiger partial charge in [0.2, 0.25) is 0 Å². The summed E-state index contributed by atoms with van der Waals surface area (Å²) in [6.07, 6.45) is 17.7. The average molecular weight is 442 g/mol. The van der Waals surface area contributed by atoms with Crippen molar-refractivity contribution in [3.05, 3.63) is 60.2 Å². The number of nitrogens with zero attached hydrogens (tertiary/aromatic N) is 3. The summed E-state index contributed by atoms with van der Waals surface area (Å²) in [5, 5.41) is 6.96. The summed E-state index contributed by atoms with van der Waals surface area (Å²) in [5.41, 5.74) is 5.20. The monoisotopic (exact) mass is 441 g/mol. The molecule has 3 rings (SSSR count). The number of unbranched alkanes of at least 4 members (excludes halogenated alkanes) is 1. The van der Waals surface area contributed by atoms with E-state index in [1.165, 1.54) is 31.2 Å². The Balaban J connectivity index is 1.86. The van der Waals surface area contributed by atoms with E-state index in [0.29, 0.717) is 23.2 Å². The van der Waals surface area contributed by atoms with Crippen LogP contribution in [0.15, 0.2) is 48.9 Å². The Kier molecular flexibility index (Phi) is 9.26. The van der Waals surface area contributed by atoms with Gasteiger partial charge >= 0.3 is 0 Å². The van der Waals surface area contributed by atoms with E-state index in [4.69, 9.17) is 6.42 Å². The first-order valence-electron chi connectivity index (χ1n) is 12.1. The highest BCUT2D eigenvalue weighted by atomic mass is 15.1. The van der Waals surface area contributed by atoms with E-state index >= 15 is 0 Å². The molecule has 0 radical (unpaired) electrons. The van der Waals surface area contributed by atoms with E-state index in [1.54, 1.807) is 12.4 Å². The third-order valence-corrected chi connectivity index (χ3v) is 5.89. The number of nitrogens with one attached hydrogen (secondary N) is 2. The van der Waals surface area contributed by atoms with Gasteiger partial charge in [-0.05, 0) is 35.8 Å². The van der Waals surface area contributed by atoms with Crippen molar-refractivity contribution in [3.8, 4) is 23.5 Å². The minimum Gasteiger partial charge on any atom is -0.384 e. The van der Waals surface area contributed by atoms with Gasteiger partial charge in [-0.25, -0.2) is 15.0 Å². The second-order valence-corrected chi connectivity index (χ2v) is 8.42. The molecular formula is C28H35N5. The molecule has 0 saturated heterocycles. The quantitative estimate of drug-likeness (QED) is 0.301. The zero-order chi connectivity index (χ0) is 23.5. The first-order chi connectivity index (χ1) is 16.2. The molecule has 1 aromatic carbocycles. The molecular weight excluding hydrogens is 406 g/mol. The molecule has 0 spiro atoms. The summed E-state index contributed by atoms with van der Waals surface area (Å²) in [4.78, 5) is 13.2. The molecule has 33 heavy (non-hydrogen) atoms. The van der Waals surface area contributed by atoms with Crippen molar-refractivity contribution in [2.45, 2.75) is 59.3 Å². The highest BCUT2D eigenvalue weighted by molar-refractivity contribution is 5.79. The van der Waals surface area contributed by atoms with E-state index in [0.717, 1.165) is 36.2 Å². The number of hydrogen-bond donors (Lipinski definition) is 2. The van der Waals surface area contributed by atoms with Crippen LogP contribution >= 0.6 is 0 Å². The topological polar surface area (TPSA) is 62.7 Å². The summed E-state index contributed by atoms with van der Waals surface area (Å²) in [7, 11) is 0. The number of terminal acetylenes is 1. The van der Waals surface area contributed by atoms with Crippen molar-refractivity contribution < 1.29 is 0 Å². The van der Waals surface area contributed by atoms with Crippen molar-refractivity contribution in [1.82, 2.24) is 15.0 Å². The summed E-state index contributed by atoms with van der Waals surface area (Å²) >= 11 is 0. The maximum absolute atomic E-state index is 5.38. The van der Waals surface area contributed by atoms with Crippen molar-refractivity contribution >= 4 is 17.3 Å². The number of anilines is 3. The molecule has 1 atom stereocenters. The fraction of sp³-hybridized carbons (Fsp3) is 0.393. The van der Waals surface area contributed by atoms with Crippen molar-refractivity contribution in [3.63, 3.8) is 0 Å².